The molecule has 0 bridgehead atoms. The Morgan fingerprint density at radius 1 is 1.24 bits per heavy atom. The fourth-order valence-electron chi connectivity index (χ4n) is 3.22. The lowest BCUT2D eigenvalue weighted by Gasteiger charge is -2.29. The second kappa shape index (κ2) is 7.32. The number of benzene rings is 2. The minimum Gasteiger partial charge on any atom is -0.373 e. The molecule has 0 N–H and O–H groups in total. The van der Waals surface area contributed by atoms with Gasteiger partial charge in [-0.05, 0) is 43.2 Å². The maximum Gasteiger partial charge on any atom is 0.244 e. The van der Waals surface area contributed by atoms with E-state index in [1.807, 2.05) is 42.3 Å². The quantitative estimate of drug-likeness (QED) is 0.790. The molecule has 4 nitrogen and oxygen atoms in total. The van der Waals surface area contributed by atoms with Crippen LogP contribution in [0.4, 0.5) is 10.1 Å². The Hall–Kier alpha value is -1.63. The molecule has 1 unspecified atom stereocenters. The Bertz CT molecular complexity index is 845. The van der Waals surface area contributed by atoms with Gasteiger partial charge in [-0.1, -0.05) is 29.8 Å². The minimum absolute atomic E-state index is 0.0372. The number of sulfonamides is 1. The SMILES string of the molecule is CN(CC1CCCN1S(=O)(=O)c1ccc(F)cc1Cl)c1ccccc1. The predicted octanol–water partition coefficient (Wildman–Crippen LogP) is 3.77. The molecule has 3 rings (SSSR count). The van der Waals surface area contributed by atoms with E-state index in [0.717, 1.165) is 30.7 Å². The van der Waals surface area contributed by atoms with Crippen molar-refractivity contribution in [2.75, 3.05) is 25.0 Å². The van der Waals surface area contributed by atoms with Crippen LogP contribution in [0.2, 0.25) is 5.02 Å². The maximum atomic E-state index is 13.2. The molecule has 2 aromatic rings. The average molecular weight is 383 g/mol. The van der Waals surface area contributed by atoms with Crippen LogP contribution in [0.5, 0.6) is 0 Å². The van der Waals surface area contributed by atoms with Crippen molar-refractivity contribution in [3.8, 4) is 0 Å². The van der Waals surface area contributed by atoms with Crippen molar-refractivity contribution in [2.24, 2.45) is 0 Å². The highest BCUT2D eigenvalue weighted by molar-refractivity contribution is 7.89. The third-order valence-electron chi connectivity index (χ3n) is 4.49. The van der Waals surface area contributed by atoms with Crippen molar-refractivity contribution >= 4 is 27.3 Å². The van der Waals surface area contributed by atoms with E-state index in [1.54, 1.807) is 0 Å². The summed E-state index contributed by atoms with van der Waals surface area (Å²) in [5, 5.41) is -0.0814. The van der Waals surface area contributed by atoms with Crippen LogP contribution in [0.1, 0.15) is 12.8 Å². The number of halogens is 2. The first kappa shape index (κ1) is 18.2. The molecule has 0 radical (unpaired) electrons. The zero-order valence-corrected chi connectivity index (χ0v) is 15.5. The molecule has 0 amide bonds. The molecule has 1 saturated heterocycles. The van der Waals surface area contributed by atoms with Gasteiger partial charge in [-0.2, -0.15) is 4.31 Å². The lowest BCUT2D eigenvalue weighted by Crippen LogP contribution is -2.42. The number of likely N-dealkylation sites (N-methyl/N-ethyl adjacent to an activating group) is 1. The summed E-state index contributed by atoms with van der Waals surface area (Å²) in [5.74, 6) is -0.550. The van der Waals surface area contributed by atoms with Gasteiger partial charge in [-0.25, -0.2) is 12.8 Å². The van der Waals surface area contributed by atoms with Crippen molar-refractivity contribution in [1.29, 1.82) is 0 Å². The number of para-hydroxylation sites is 1. The molecule has 0 aliphatic carbocycles. The molecule has 7 heteroatoms. The summed E-state index contributed by atoms with van der Waals surface area (Å²) in [4.78, 5) is 2.01. The summed E-state index contributed by atoms with van der Waals surface area (Å²) >= 11 is 5.99. The zero-order valence-electron chi connectivity index (χ0n) is 13.9. The Morgan fingerprint density at radius 2 is 1.96 bits per heavy atom. The monoisotopic (exact) mass is 382 g/mol. The molecule has 0 spiro atoms. The lowest BCUT2D eigenvalue weighted by molar-refractivity contribution is 0.389. The summed E-state index contributed by atoms with van der Waals surface area (Å²) in [6, 6.07) is 13.1. The van der Waals surface area contributed by atoms with Crippen molar-refractivity contribution in [1.82, 2.24) is 4.31 Å². The second-order valence-electron chi connectivity index (χ2n) is 6.20. The molecule has 0 aromatic heterocycles. The van der Waals surface area contributed by atoms with Gasteiger partial charge in [0, 0.05) is 31.9 Å². The van der Waals surface area contributed by atoms with E-state index < -0.39 is 15.8 Å². The molecular weight excluding hydrogens is 363 g/mol. The van der Waals surface area contributed by atoms with Gasteiger partial charge in [0.1, 0.15) is 10.7 Å². The van der Waals surface area contributed by atoms with E-state index in [-0.39, 0.29) is 16.0 Å². The van der Waals surface area contributed by atoms with Crippen molar-refractivity contribution in [2.45, 2.75) is 23.8 Å². The lowest BCUT2D eigenvalue weighted by atomic mass is 10.2. The maximum absolute atomic E-state index is 13.2. The largest absolute Gasteiger partial charge is 0.373 e. The molecule has 1 aliphatic rings. The third-order valence-corrected chi connectivity index (χ3v) is 6.92. The molecule has 2 aromatic carbocycles. The summed E-state index contributed by atoms with van der Waals surface area (Å²) < 4.78 is 40.7. The first-order chi connectivity index (χ1) is 11.9. The van der Waals surface area contributed by atoms with E-state index in [2.05, 4.69) is 0 Å². The van der Waals surface area contributed by atoms with Gasteiger partial charge in [-0.15, -0.1) is 0 Å². The average Bonchev–Trinajstić information content (AvgIpc) is 3.04. The van der Waals surface area contributed by atoms with Gasteiger partial charge >= 0.3 is 0 Å². The van der Waals surface area contributed by atoms with Crippen LogP contribution in [-0.2, 0) is 10.0 Å². The van der Waals surface area contributed by atoms with E-state index in [9.17, 15) is 12.8 Å². The fourth-order valence-corrected chi connectivity index (χ4v) is 5.41. The summed E-state index contributed by atoms with van der Waals surface area (Å²) in [6.45, 7) is 1.03. The Kier molecular flexibility index (Phi) is 5.32. The van der Waals surface area contributed by atoms with Gasteiger partial charge < -0.3 is 4.90 Å². The first-order valence-electron chi connectivity index (χ1n) is 8.12. The molecule has 25 heavy (non-hydrogen) atoms. The van der Waals surface area contributed by atoms with E-state index in [4.69, 9.17) is 11.6 Å². The fraction of sp³-hybridized carbons (Fsp3) is 0.333. The standard InChI is InChI=1S/C18H20ClFN2O2S/c1-21(15-6-3-2-4-7-15)13-16-8-5-11-22(16)25(23,24)18-10-9-14(20)12-17(18)19/h2-4,6-7,9-10,12,16H,5,8,11,13H2,1H3. The van der Waals surface area contributed by atoms with E-state index in [0.29, 0.717) is 13.1 Å². The highest BCUT2D eigenvalue weighted by Gasteiger charge is 2.36. The van der Waals surface area contributed by atoms with Gasteiger partial charge in [0.2, 0.25) is 10.0 Å². The van der Waals surface area contributed by atoms with Crippen LogP contribution >= 0.6 is 11.6 Å². The molecule has 1 atom stereocenters. The molecule has 0 saturated carbocycles. The summed E-state index contributed by atoms with van der Waals surface area (Å²) in [5.41, 5.74) is 1.03. The van der Waals surface area contributed by atoms with Gasteiger partial charge in [0.05, 0.1) is 5.02 Å². The number of rotatable bonds is 5. The molecular formula is C18H20ClFN2O2S. The van der Waals surface area contributed by atoms with Crippen LogP contribution in [0.3, 0.4) is 0 Å². The van der Waals surface area contributed by atoms with Crippen molar-refractivity contribution < 1.29 is 12.8 Å². The van der Waals surface area contributed by atoms with Crippen LogP contribution < -0.4 is 4.90 Å². The highest BCUT2D eigenvalue weighted by atomic mass is 35.5. The predicted molar refractivity (Wildman–Crippen MR) is 98.0 cm³/mol. The smallest absolute Gasteiger partial charge is 0.244 e. The molecule has 134 valence electrons. The first-order valence-corrected chi connectivity index (χ1v) is 9.94. The molecule has 1 heterocycles. The zero-order chi connectivity index (χ0) is 18.0. The minimum atomic E-state index is -3.76. The van der Waals surface area contributed by atoms with Crippen LogP contribution in [0.25, 0.3) is 0 Å². The van der Waals surface area contributed by atoms with E-state index >= 15 is 0 Å². The van der Waals surface area contributed by atoms with Crippen LogP contribution in [-0.4, -0.2) is 38.9 Å². The van der Waals surface area contributed by atoms with Gasteiger partial charge in [-0.3, -0.25) is 0 Å². The topological polar surface area (TPSA) is 40.6 Å². The van der Waals surface area contributed by atoms with Crippen molar-refractivity contribution in [3.63, 3.8) is 0 Å². The number of anilines is 1. The number of hydrogen-bond acceptors (Lipinski definition) is 3. The second-order valence-corrected chi connectivity index (χ2v) is 8.47. The van der Waals surface area contributed by atoms with E-state index in [1.165, 1.54) is 10.4 Å². The normalized spacial score (nSPS) is 18.4. The van der Waals surface area contributed by atoms with Crippen LogP contribution in [0.15, 0.2) is 53.4 Å². The van der Waals surface area contributed by atoms with Crippen LogP contribution in [0, 0.1) is 5.82 Å². The summed E-state index contributed by atoms with van der Waals surface area (Å²) in [6.07, 6.45) is 1.58. The third kappa shape index (κ3) is 3.81. The highest BCUT2D eigenvalue weighted by Crippen LogP contribution is 2.31. The number of nitrogens with zero attached hydrogens (tertiary/aromatic N) is 2. The molecule has 1 fully saturated rings. The Balaban J connectivity index is 1.83. The van der Waals surface area contributed by atoms with Crippen molar-refractivity contribution in [3.05, 3.63) is 59.4 Å². The Labute approximate surface area is 152 Å². The molecule has 1 aliphatic heterocycles. The Morgan fingerprint density at radius 3 is 2.64 bits per heavy atom. The van der Waals surface area contributed by atoms with Gasteiger partial charge in [0.25, 0.3) is 0 Å². The van der Waals surface area contributed by atoms with Gasteiger partial charge in [0.15, 0.2) is 0 Å². The number of hydrogen-bond donors (Lipinski definition) is 0. The summed E-state index contributed by atoms with van der Waals surface area (Å²) in [7, 11) is -1.81.